The van der Waals surface area contributed by atoms with Gasteiger partial charge >= 0.3 is 6.09 Å². The number of hydrogen-bond acceptors (Lipinski definition) is 9. The summed E-state index contributed by atoms with van der Waals surface area (Å²) >= 11 is 1.64. The predicted molar refractivity (Wildman–Crippen MR) is 127 cm³/mol. The third kappa shape index (κ3) is 6.25. The highest BCUT2D eigenvalue weighted by Crippen LogP contribution is 2.31. The molecule has 2 aromatic heterocycles. The van der Waals surface area contributed by atoms with Crippen molar-refractivity contribution in [2.24, 2.45) is 4.36 Å². The maximum absolute atomic E-state index is 12.2. The van der Waals surface area contributed by atoms with Crippen molar-refractivity contribution >= 4 is 45.5 Å². The Hall–Kier alpha value is -3.02. The summed E-state index contributed by atoms with van der Waals surface area (Å²) < 4.78 is 20.4. The van der Waals surface area contributed by atoms with Gasteiger partial charge < -0.3 is 20.5 Å². The van der Waals surface area contributed by atoms with Crippen LogP contribution < -0.4 is 10.6 Å². The summed E-state index contributed by atoms with van der Waals surface area (Å²) in [6, 6.07) is 8.50. The van der Waals surface area contributed by atoms with Gasteiger partial charge in [-0.2, -0.15) is 4.98 Å². The van der Waals surface area contributed by atoms with E-state index in [0.29, 0.717) is 22.3 Å². The molecular formula is C21H25N5O4S2. The van der Waals surface area contributed by atoms with Gasteiger partial charge in [-0.1, -0.05) is 0 Å². The number of thiol groups is 1. The van der Waals surface area contributed by atoms with Crippen molar-refractivity contribution in [1.82, 2.24) is 9.97 Å². The van der Waals surface area contributed by atoms with Gasteiger partial charge in [-0.15, -0.1) is 15.7 Å². The predicted octanol–water partition coefficient (Wildman–Crippen LogP) is 4.23. The molecular weight excluding hydrogens is 450 g/mol. The standard InChI is InChI=1S/C21H25N5O4S2/c1-4-30-21(28)26-32(29)17-7-5-16(6-8-17)24-20-22-10-18(15-9-14(3)31-12-15)19(25-20)23-13(2)11-27/h5-10,12-13,27,32H,4,11H2,1-3H3,(H2,22,23,24,25)/t13-/m1/s1. The Morgan fingerprint density at radius 2 is 2.09 bits per heavy atom. The van der Waals surface area contributed by atoms with Gasteiger partial charge in [0.05, 0.1) is 23.8 Å². The smallest absolute Gasteiger partial charge is 0.441 e. The minimum absolute atomic E-state index is 0.0363. The lowest BCUT2D eigenvalue weighted by molar-refractivity contribution is 0.164. The number of amides is 1. The third-order valence-electron chi connectivity index (χ3n) is 4.27. The van der Waals surface area contributed by atoms with E-state index in [4.69, 9.17) is 0 Å². The quantitative estimate of drug-likeness (QED) is 0.357. The van der Waals surface area contributed by atoms with Crippen molar-refractivity contribution < 1.29 is 18.8 Å². The summed E-state index contributed by atoms with van der Waals surface area (Å²) in [7, 11) is -2.23. The molecule has 1 unspecified atom stereocenters. The number of thiophene rings is 1. The molecule has 0 fully saturated rings. The number of aliphatic hydroxyl groups excluding tert-OH is 1. The van der Waals surface area contributed by atoms with E-state index in [1.165, 1.54) is 4.88 Å². The van der Waals surface area contributed by atoms with Crippen LogP contribution in [0.4, 0.5) is 22.2 Å². The number of anilines is 3. The zero-order chi connectivity index (χ0) is 23.1. The third-order valence-corrected chi connectivity index (χ3v) is 6.22. The molecule has 3 rings (SSSR count). The number of nitrogens with zero attached hydrogens (tertiary/aromatic N) is 3. The molecule has 2 heterocycles. The van der Waals surface area contributed by atoms with Gasteiger partial charge in [0.2, 0.25) is 5.95 Å². The summed E-state index contributed by atoms with van der Waals surface area (Å²) in [6.45, 7) is 5.69. The van der Waals surface area contributed by atoms with Crippen molar-refractivity contribution in [2.45, 2.75) is 31.7 Å². The Labute approximate surface area is 192 Å². The molecule has 0 spiro atoms. The fraction of sp³-hybridized carbons (Fsp3) is 0.286. The molecule has 3 N–H and O–H groups in total. The zero-order valence-corrected chi connectivity index (χ0v) is 19.6. The monoisotopic (exact) mass is 475 g/mol. The van der Waals surface area contributed by atoms with Gasteiger partial charge in [0.15, 0.2) is 0 Å². The Balaban J connectivity index is 1.81. The molecule has 170 valence electrons. The number of nitrogens with one attached hydrogen (secondary N) is 2. The number of ether oxygens (including phenoxy) is 1. The summed E-state index contributed by atoms with van der Waals surface area (Å²) in [6.07, 6.45) is 0.884. The molecule has 11 heteroatoms. The molecule has 0 radical (unpaired) electrons. The molecule has 1 amide bonds. The van der Waals surface area contributed by atoms with Crippen LogP contribution in [-0.2, 0) is 15.3 Å². The second-order valence-corrected chi connectivity index (χ2v) is 9.25. The molecule has 32 heavy (non-hydrogen) atoms. The first-order valence-corrected chi connectivity index (χ1v) is 12.0. The molecule has 3 aromatic rings. The molecule has 0 aliphatic carbocycles. The highest BCUT2D eigenvalue weighted by atomic mass is 32.2. The average Bonchev–Trinajstić information content (AvgIpc) is 3.20. The summed E-state index contributed by atoms with van der Waals surface area (Å²) in [5.41, 5.74) is 2.52. The number of aliphatic hydroxyl groups is 1. The van der Waals surface area contributed by atoms with Crippen LogP contribution >= 0.6 is 11.3 Å². The molecule has 1 aromatic carbocycles. The van der Waals surface area contributed by atoms with Crippen molar-refractivity contribution in [3.8, 4) is 11.1 Å². The SMILES string of the molecule is CCOC(=O)/N=[SH](=O)/c1ccc(Nc2ncc(-c3csc(C)c3)c(N[C@H](C)CO)n2)cc1. The number of carbonyl (C=O) groups is 1. The number of carbonyl (C=O) groups excluding carboxylic acids is 1. The van der Waals surface area contributed by atoms with Crippen LogP contribution in [-0.4, -0.2) is 44.6 Å². The van der Waals surface area contributed by atoms with Crippen LogP contribution in [0.1, 0.15) is 18.7 Å². The zero-order valence-electron chi connectivity index (χ0n) is 17.9. The van der Waals surface area contributed by atoms with E-state index in [1.54, 1.807) is 48.7 Å². The van der Waals surface area contributed by atoms with E-state index < -0.39 is 16.7 Å². The van der Waals surface area contributed by atoms with Crippen molar-refractivity contribution in [1.29, 1.82) is 0 Å². The van der Waals surface area contributed by atoms with E-state index >= 15 is 0 Å². The van der Waals surface area contributed by atoms with Crippen molar-refractivity contribution in [3.05, 3.63) is 46.8 Å². The highest BCUT2D eigenvalue weighted by molar-refractivity contribution is 7.75. The average molecular weight is 476 g/mol. The lowest BCUT2D eigenvalue weighted by Gasteiger charge is -2.16. The maximum Gasteiger partial charge on any atom is 0.441 e. The minimum Gasteiger partial charge on any atom is -0.448 e. The summed E-state index contributed by atoms with van der Waals surface area (Å²) in [5, 5.41) is 17.8. The van der Waals surface area contributed by atoms with Gasteiger partial charge in [0.25, 0.3) is 0 Å². The van der Waals surface area contributed by atoms with Crippen molar-refractivity contribution in [3.63, 3.8) is 0 Å². The van der Waals surface area contributed by atoms with Gasteiger partial charge in [0.1, 0.15) is 5.82 Å². The van der Waals surface area contributed by atoms with E-state index in [2.05, 4.69) is 35.8 Å². The second-order valence-electron chi connectivity index (χ2n) is 6.87. The molecule has 0 aliphatic heterocycles. The van der Waals surface area contributed by atoms with Crippen molar-refractivity contribution in [2.75, 3.05) is 23.8 Å². The van der Waals surface area contributed by atoms with Gasteiger partial charge in [-0.05, 0) is 62.0 Å². The summed E-state index contributed by atoms with van der Waals surface area (Å²) in [4.78, 5) is 22.0. The first-order valence-electron chi connectivity index (χ1n) is 9.92. The fourth-order valence-corrected chi connectivity index (χ4v) is 4.14. The van der Waals surface area contributed by atoms with Crippen LogP contribution in [0.5, 0.6) is 0 Å². The molecule has 0 bridgehead atoms. The van der Waals surface area contributed by atoms with Gasteiger partial charge in [-0.25, -0.2) is 14.0 Å². The molecule has 2 atom stereocenters. The second kappa shape index (κ2) is 11.0. The Morgan fingerprint density at radius 3 is 2.72 bits per heavy atom. The van der Waals surface area contributed by atoms with Crippen LogP contribution in [0.15, 0.2) is 51.2 Å². The van der Waals surface area contributed by atoms with Gasteiger partial charge in [0, 0.05) is 33.3 Å². The maximum atomic E-state index is 12.2. The Bertz CT molecular complexity index is 1160. The number of aryl methyl sites for hydroxylation is 1. The lowest BCUT2D eigenvalue weighted by Crippen LogP contribution is -2.21. The highest BCUT2D eigenvalue weighted by Gasteiger charge is 2.13. The van der Waals surface area contributed by atoms with Gasteiger partial charge in [-0.3, -0.25) is 0 Å². The molecule has 0 aliphatic rings. The van der Waals surface area contributed by atoms with Crippen LogP contribution in [0.3, 0.4) is 0 Å². The van der Waals surface area contributed by atoms with E-state index in [1.807, 2.05) is 19.2 Å². The first-order chi connectivity index (χ1) is 15.4. The number of rotatable bonds is 8. The summed E-state index contributed by atoms with van der Waals surface area (Å²) in [5.74, 6) is 0.969. The fourth-order valence-electron chi connectivity index (χ4n) is 2.71. The number of benzene rings is 1. The lowest BCUT2D eigenvalue weighted by atomic mass is 10.1. The largest absolute Gasteiger partial charge is 0.448 e. The number of aromatic nitrogens is 2. The van der Waals surface area contributed by atoms with E-state index in [-0.39, 0.29) is 19.3 Å². The topological polar surface area (TPSA) is 126 Å². The first kappa shape index (κ1) is 23.6. The molecule has 0 saturated carbocycles. The Morgan fingerprint density at radius 1 is 1.34 bits per heavy atom. The van der Waals surface area contributed by atoms with E-state index in [9.17, 15) is 14.1 Å². The van der Waals surface area contributed by atoms with Crippen LogP contribution in [0.2, 0.25) is 0 Å². The van der Waals surface area contributed by atoms with E-state index in [0.717, 1.165) is 11.1 Å². The minimum atomic E-state index is -2.23. The molecule has 0 saturated heterocycles. The van der Waals surface area contributed by atoms with Crippen LogP contribution in [0, 0.1) is 6.92 Å². The van der Waals surface area contributed by atoms with Crippen LogP contribution in [0.25, 0.3) is 11.1 Å². The molecule has 9 nitrogen and oxygen atoms in total. The normalized spacial score (nSPS) is 12.9. The Kier molecular flexibility index (Phi) is 8.14. The number of hydrogen-bond donors (Lipinski definition) is 4.